The van der Waals surface area contributed by atoms with Crippen LogP contribution >= 0.6 is 0 Å². The predicted molar refractivity (Wildman–Crippen MR) is 113 cm³/mol. The molecule has 2 N–H and O–H groups in total. The molecule has 6 nitrogen and oxygen atoms in total. The highest BCUT2D eigenvalue weighted by molar-refractivity contribution is 5.79. The van der Waals surface area contributed by atoms with Crippen molar-refractivity contribution in [1.29, 1.82) is 0 Å². The third-order valence-corrected chi connectivity index (χ3v) is 5.08. The number of furan rings is 1. The molecule has 1 aliphatic heterocycles. The van der Waals surface area contributed by atoms with Gasteiger partial charge in [-0.25, -0.2) is 0 Å². The van der Waals surface area contributed by atoms with Gasteiger partial charge in [-0.3, -0.25) is 9.89 Å². The predicted octanol–water partition coefficient (Wildman–Crippen LogP) is 3.22. The molecule has 0 amide bonds. The van der Waals surface area contributed by atoms with Crippen LogP contribution in [0.25, 0.3) is 0 Å². The molecule has 2 heterocycles. The topological polar surface area (TPSA) is 62.0 Å². The average molecular weight is 385 g/mol. The molecule has 1 aliphatic rings. The zero-order chi connectivity index (χ0) is 19.6. The van der Waals surface area contributed by atoms with Gasteiger partial charge in [-0.2, -0.15) is 0 Å². The van der Waals surface area contributed by atoms with Gasteiger partial charge in [0.25, 0.3) is 0 Å². The maximum atomic E-state index is 5.70. The number of ether oxygens (including phenoxy) is 1. The maximum absolute atomic E-state index is 5.70. The molecule has 1 aromatic heterocycles. The van der Waals surface area contributed by atoms with Gasteiger partial charge in [0.2, 0.25) is 0 Å². The molecule has 0 bridgehead atoms. The van der Waals surface area contributed by atoms with Crippen molar-refractivity contribution < 1.29 is 9.15 Å². The molecule has 6 heteroatoms. The van der Waals surface area contributed by atoms with E-state index >= 15 is 0 Å². The third-order valence-electron chi connectivity index (χ3n) is 5.08. The summed E-state index contributed by atoms with van der Waals surface area (Å²) in [6.07, 6.45) is 5.19. The summed E-state index contributed by atoms with van der Waals surface area (Å²) in [7, 11) is 1.69. The third kappa shape index (κ3) is 5.76. The van der Waals surface area contributed by atoms with Crippen molar-refractivity contribution >= 4 is 5.96 Å². The van der Waals surface area contributed by atoms with Crippen LogP contribution in [-0.2, 0) is 6.42 Å². The monoisotopic (exact) mass is 384 g/mol. The quantitative estimate of drug-likeness (QED) is 0.513. The second kappa shape index (κ2) is 10.8. The van der Waals surface area contributed by atoms with E-state index in [-0.39, 0.29) is 6.04 Å². The Labute approximate surface area is 168 Å². The summed E-state index contributed by atoms with van der Waals surface area (Å²) in [5.74, 6) is 2.74. The summed E-state index contributed by atoms with van der Waals surface area (Å²) in [4.78, 5) is 7.32. The smallest absolute Gasteiger partial charge is 0.191 e. The van der Waals surface area contributed by atoms with E-state index in [2.05, 4.69) is 40.7 Å². The molecule has 1 atom stereocenters. The minimum Gasteiger partial charge on any atom is -0.497 e. The van der Waals surface area contributed by atoms with Gasteiger partial charge in [-0.15, -0.1) is 0 Å². The maximum Gasteiger partial charge on any atom is 0.191 e. The van der Waals surface area contributed by atoms with Gasteiger partial charge in [-0.1, -0.05) is 12.1 Å². The molecule has 0 aliphatic carbocycles. The number of nitrogens with zero attached hydrogens (tertiary/aromatic N) is 2. The number of hydrogen-bond acceptors (Lipinski definition) is 4. The van der Waals surface area contributed by atoms with E-state index in [9.17, 15) is 0 Å². The highest BCUT2D eigenvalue weighted by Crippen LogP contribution is 2.25. The summed E-state index contributed by atoms with van der Waals surface area (Å²) in [5.41, 5.74) is 1.27. The van der Waals surface area contributed by atoms with E-state index in [4.69, 9.17) is 14.1 Å². The van der Waals surface area contributed by atoms with Gasteiger partial charge in [0.1, 0.15) is 11.5 Å². The zero-order valence-electron chi connectivity index (χ0n) is 17.0. The lowest BCUT2D eigenvalue weighted by Gasteiger charge is -2.24. The Morgan fingerprint density at radius 2 is 1.96 bits per heavy atom. The van der Waals surface area contributed by atoms with Crippen LogP contribution in [0.3, 0.4) is 0 Å². The summed E-state index contributed by atoms with van der Waals surface area (Å²) in [6, 6.07) is 12.4. The summed E-state index contributed by atoms with van der Waals surface area (Å²) in [5, 5.41) is 6.80. The summed E-state index contributed by atoms with van der Waals surface area (Å²) >= 11 is 0. The average Bonchev–Trinajstić information content (AvgIpc) is 3.43. The Bertz CT molecular complexity index is 707. The first kappa shape index (κ1) is 20.3. The number of nitrogens with one attached hydrogen (secondary N) is 2. The van der Waals surface area contributed by atoms with Gasteiger partial charge < -0.3 is 19.8 Å². The molecule has 0 radical (unpaired) electrons. The Kier molecular flexibility index (Phi) is 7.79. The van der Waals surface area contributed by atoms with Crippen LogP contribution in [0.5, 0.6) is 5.75 Å². The van der Waals surface area contributed by atoms with Crippen LogP contribution in [-0.4, -0.2) is 50.7 Å². The lowest BCUT2D eigenvalue weighted by Crippen LogP contribution is -2.39. The SMILES string of the molecule is CCNC(=NCC(c1ccco1)N1CCCC1)NCCc1ccc(OC)cc1. The van der Waals surface area contributed by atoms with Crippen LogP contribution in [0.4, 0.5) is 0 Å². The fraction of sp³-hybridized carbons (Fsp3) is 0.500. The van der Waals surface area contributed by atoms with Crippen molar-refractivity contribution in [3.05, 3.63) is 54.0 Å². The van der Waals surface area contributed by atoms with Crippen molar-refractivity contribution in [3.63, 3.8) is 0 Å². The highest BCUT2D eigenvalue weighted by atomic mass is 16.5. The molecule has 28 heavy (non-hydrogen) atoms. The Morgan fingerprint density at radius 3 is 2.61 bits per heavy atom. The lowest BCUT2D eigenvalue weighted by molar-refractivity contribution is 0.221. The molecule has 2 aromatic rings. The number of guanidine groups is 1. The van der Waals surface area contributed by atoms with E-state index in [0.29, 0.717) is 6.54 Å². The fourth-order valence-corrected chi connectivity index (χ4v) is 3.56. The van der Waals surface area contributed by atoms with Crippen LogP contribution in [0, 0.1) is 0 Å². The number of benzene rings is 1. The minimum atomic E-state index is 0.203. The number of aliphatic imine (C=N–C) groups is 1. The van der Waals surface area contributed by atoms with Crippen LogP contribution < -0.4 is 15.4 Å². The van der Waals surface area contributed by atoms with Gasteiger partial charge in [0.05, 0.1) is 26.0 Å². The molecule has 1 unspecified atom stereocenters. The van der Waals surface area contributed by atoms with E-state index in [1.807, 2.05) is 18.2 Å². The Balaban J connectivity index is 1.57. The molecule has 152 valence electrons. The lowest BCUT2D eigenvalue weighted by atomic mass is 10.1. The van der Waals surface area contributed by atoms with Crippen molar-refractivity contribution in [2.75, 3.05) is 39.8 Å². The molecule has 0 saturated carbocycles. The van der Waals surface area contributed by atoms with Crippen LogP contribution in [0.2, 0.25) is 0 Å². The molecular weight excluding hydrogens is 352 g/mol. The minimum absolute atomic E-state index is 0.203. The van der Waals surface area contributed by atoms with E-state index < -0.39 is 0 Å². The largest absolute Gasteiger partial charge is 0.497 e. The Morgan fingerprint density at radius 1 is 1.18 bits per heavy atom. The highest BCUT2D eigenvalue weighted by Gasteiger charge is 2.25. The van der Waals surface area contributed by atoms with Gasteiger partial charge in [0.15, 0.2) is 5.96 Å². The van der Waals surface area contributed by atoms with Crippen molar-refractivity contribution in [2.45, 2.75) is 32.2 Å². The van der Waals surface area contributed by atoms with Crippen molar-refractivity contribution in [2.24, 2.45) is 4.99 Å². The normalized spacial score (nSPS) is 16.1. The molecule has 1 aromatic carbocycles. The second-order valence-corrected chi connectivity index (χ2v) is 7.02. The van der Waals surface area contributed by atoms with Crippen LogP contribution in [0.1, 0.15) is 37.1 Å². The molecule has 3 rings (SSSR count). The standard InChI is InChI=1S/C22H32N4O2/c1-3-23-22(24-13-12-18-8-10-19(27-2)11-9-18)25-17-20(21-7-6-16-28-21)26-14-4-5-15-26/h6-11,16,20H,3-5,12-15,17H2,1-2H3,(H2,23,24,25). The first-order valence-electron chi connectivity index (χ1n) is 10.2. The number of hydrogen-bond donors (Lipinski definition) is 2. The van der Waals surface area contributed by atoms with E-state index in [1.54, 1.807) is 13.4 Å². The molecule has 1 fully saturated rings. The zero-order valence-corrected chi connectivity index (χ0v) is 17.0. The van der Waals surface area contributed by atoms with E-state index in [0.717, 1.165) is 50.1 Å². The first-order valence-corrected chi connectivity index (χ1v) is 10.2. The first-order chi connectivity index (χ1) is 13.8. The van der Waals surface area contributed by atoms with Gasteiger partial charge in [0, 0.05) is 13.1 Å². The molecule has 0 spiro atoms. The van der Waals surface area contributed by atoms with Crippen molar-refractivity contribution in [1.82, 2.24) is 15.5 Å². The number of methoxy groups -OCH3 is 1. The molecule has 1 saturated heterocycles. The number of rotatable bonds is 9. The second-order valence-electron chi connectivity index (χ2n) is 7.02. The summed E-state index contributed by atoms with van der Waals surface area (Å²) < 4.78 is 10.9. The Hall–Kier alpha value is -2.47. The van der Waals surface area contributed by atoms with Gasteiger partial charge in [-0.05, 0) is 69.1 Å². The van der Waals surface area contributed by atoms with E-state index in [1.165, 1.54) is 18.4 Å². The van der Waals surface area contributed by atoms with Crippen LogP contribution in [0.15, 0.2) is 52.1 Å². The van der Waals surface area contributed by atoms with Crippen molar-refractivity contribution in [3.8, 4) is 5.75 Å². The number of likely N-dealkylation sites (tertiary alicyclic amines) is 1. The fourth-order valence-electron chi connectivity index (χ4n) is 3.56. The van der Waals surface area contributed by atoms with Gasteiger partial charge >= 0.3 is 0 Å². The molecular formula is C22H32N4O2. The summed E-state index contributed by atoms with van der Waals surface area (Å²) in [6.45, 7) is 6.66.